The van der Waals surface area contributed by atoms with Gasteiger partial charge in [0.15, 0.2) is 5.17 Å². The molecule has 3 N–H and O–H groups in total. The second kappa shape index (κ2) is 11.2. The molecule has 160 valence electrons. The van der Waals surface area contributed by atoms with Gasteiger partial charge in [-0.25, -0.2) is 4.99 Å². The molecule has 0 heterocycles. The summed E-state index contributed by atoms with van der Waals surface area (Å²) >= 11 is 14.3. The van der Waals surface area contributed by atoms with Crippen LogP contribution in [0, 0.1) is 6.92 Å². The van der Waals surface area contributed by atoms with Crippen molar-refractivity contribution in [1.82, 2.24) is 5.32 Å². The zero-order chi connectivity index (χ0) is 22.4. The van der Waals surface area contributed by atoms with Crippen molar-refractivity contribution in [1.29, 1.82) is 0 Å². The maximum Gasteiger partial charge on any atom is 0.251 e. The van der Waals surface area contributed by atoms with E-state index in [2.05, 4.69) is 42.2 Å². The number of carbonyl (C=O) groups is 1. The summed E-state index contributed by atoms with van der Waals surface area (Å²) in [5, 5.41) is 3.95. The lowest BCUT2D eigenvalue weighted by Crippen LogP contribution is -2.24. The molecule has 0 aliphatic heterocycles. The molecule has 0 aliphatic carbocycles. The van der Waals surface area contributed by atoms with Crippen LogP contribution in [0.1, 0.15) is 27.0 Å². The van der Waals surface area contributed by atoms with Crippen LogP contribution in [-0.4, -0.2) is 11.1 Å². The van der Waals surface area contributed by atoms with Gasteiger partial charge in [0.25, 0.3) is 5.91 Å². The Morgan fingerprint density at radius 1 is 1.10 bits per heavy atom. The number of hydrogen-bond acceptors (Lipinski definition) is 3. The van der Waals surface area contributed by atoms with E-state index in [0.29, 0.717) is 33.7 Å². The van der Waals surface area contributed by atoms with Crippen LogP contribution in [0.15, 0.2) is 74.6 Å². The van der Waals surface area contributed by atoms with Crippen molar-refractivity contribution >= 4 is 72.0 Å². The van der Waals surface area contributed by atoms with Crippen LogP contribution in [0.4, 0.5) is 5.69 Å². The number of nitrogens with zero attached hydrogens (tertiary/aromatic N) is 1. The summed E-state index contributed by atoms with van der Waals surface area (Å²) in [5.74, 6) is 0.380. The molecule has 0 saturated carbocycles. The Hall–Kier alpha value is -1.80. The number of hydrogen-bond donors (Lipinski definition) is 2. The number of rotatable bonds is 6. The van der Waals surface area contributed by atoms with E-state index in [1.807, 2.05) is 61.5 Å². The lowest BCUT2D eigenvalue weighted by atomic mass is 10.1. The number of nitrogens with two attached hydrogens (primary N) is 1. The molecular formula is C23H20Br2ClN3OS. The smallest absolute Gasteiger partial charge is 0.251 e. The SMILES string of the molecule is Cc1ccc(CNC(=O)c2ccc(Br)cc2CS/C(N)=N/c2ccc(Br)c(Cl)c2)cc1. The normalized spacial score (nSPS) is 11.4. The third-order valence-corrected chi connectivity index (χ3v) is 6.97. The van der Waals surface area contributed by atoms with Crippen molar-refractivity contribution in [3.05, 3.63) is 96.9 Å². The van der Waals surface area contributed by atoms with Crippen LogP contribution >= 0.6 is 55.2 Å². The molecule has 3 aromatic carbocycles. The predicted molar refractivity (Wildman–Crippen MR) is 138 cm³/mol. The highest BCUT2D eigenvalue weighted by molar-refractivity contribution is 9.10. The van der Waals surface area contributed by atoms with E-state index in [-0.39, 0.29) is 5.91 Å². The minimum atomic E-state index is -0.126. The molecular weight excluding hydrogens is 562 g/mol. The summed E-state index contributed by atoms with van der Waals surface area (Å²) < 4.78 is 1.70. The second-order valence-electron chi connectivity index (χ2n) is 6.81. The Kier molecular flexibility index (Phi) is 8.60. The number of halogens is 3. The molecule has 0 aromatic heterocycles. The van der Waals surface area contributed by atoms with Gasteiger partial charge in [0.05, 0.1) is 10.7 Å². The number of aliphatic imine (C=N–C) groups is 1. The monoisotopic (exact) mass is 579 g/mol. The third-order valence-electron chi connectivity index (χ3n) is 4.40. The van der Waals surface area contributed by atoms with Gasteiger partial charge in [0, 0.05) is 26.8 Å². The summed E-state index contributed by atoms with van der Waals surface area (Å²) in [6.45, 7) is 2.50. The minimum absolute atomic E-state index is 0.126. The molecule has 0 aliphatic rings. The lowest BCUT2D eigenvalue weighted by molar-refractivity contribution is 0.0950. The van der Waals surface area contributed by atoms with Gasteiger partial charge in [0.2, 0.25) is 0 Å². The predicted octanol–water partition coefficient (Wildman–Crippen LogP) is 6.98. The zero-order valence-corrected chi connectivity index (χ0v) is 21.4. The Balaban J connectivity index is 1.68. The van der Waals surface area contributed by atoms with Crippen LogP contribution in [0.3, 0.4) is 0 Å². The van der Waals surface area contributed by atoms with Crippen molar-refractivity contribution in [2.75, 3.05) is 0 Å². The quantitative estimate of drug-likeness (QED) is 0.244. The fraction of sp³-hybridized carbons (Fsp3) is 0.130. The van der Waals surface area contributed by atoms with E-state index >= 15 is 0 Å². The first-order chi connectivity index (χ1) is 14.8. The van der Waals surface area contributed by atoms with E-state index in [4.69, 9.17) is 17.3 Å². The molecule has 0 atom stereocenters. The van der Waals surface area contributed by atoms with Gasteiger partial charge in [-0.05, 0) is 70.4 Å². The van der Waals surface area contributed by atoms with Crippen molar-refractivity contribution in [2.45, 2.75) is 19.2 Å². The van der Waals surface area contributed by atoms with E-state index in [0.717, 1.165) is 20.1 Å². The highest BCUT2D eigenvalue weighted by Gasteiger charge is 2.13. The highest BCUT2D eigenvalue weighted by atomic mass is 79.9. The molecule has 1 amide bonds. The standard InChI is InChI=1S/C23H20Br2ClN3OS/c1-14-2-4-15(5-3-14)12-28-22(30)19-8-6-17(24)10-16(19)13-31-23(27)29-18-7-9-20(25)21(26)11-18/h2-11H,12-13H2,1H3,(H2,27,29)(H,28,30). The number of amidine groups is 1. The molecule has 8 heteroatoms. The molecule has 0 bridgehead atoms. The second-order valence-corrected chi connectivity index (χ2v) is 9.98. The molecule has 0 saturated heterocycles. The Labute approximate surface area is 207 Å². The fourth-order valence-corrected chi connectivity index (χ4v) is 4.29. The van der Waals surface area contributed by atoms with E-state index in [9.17, 15) is 4.79 Å². The molecule has 3 aromatic rings. The van der Waals surface area contributed by atoms with Gasteiger partial charge in [-0.1, -0.05) is 69.1 Å². The zero-order valence-electron chi connectivity index (χ0n) is 16.7. The van der Waals surface area contributed by atoms with Gasteiger partial charge in [-0.3, -0.25) is 4.79 Å². The Morgan fingerprint density at radius 3 is 2.55 bits per heavy atom. The summed E-state index contributed by atoms with van der Waals surface area (Å²) in [5.41, 5.74) is 10.5. The van der Waals surface area contributed by atoms with Crippen LogP contribution in [0.25, 0.3) is 0 Å². The number of amides is 1. The van der Waals surface area contributed by atoms with Crippen molar-refractivity contribution in [2.24, 2.45) is 10.7 Å². The van der Waals surface area contributed by atoms with Crippen LogP contribution in [0.5, 0.6) is 0 Å². The molecule has 0 fully saturated rings. The van der Waals surface area contributed by atoms with Gasteiger partial charge < -0.3 is 11.1 Å². The Bertz CT molecular complexity index is 1120. The van der Waals surface area contributed by atoms with Gasteiger partial charge in [-0.15, -0.1) is 0 Å². The highest BCUT2D eigenvalue weighted by Crippen LogP contribution is 2.28. The molecule has 3 rings (SSSR count). The first-order valence-corrected chi connectivity index (χ1v) is 12.3. The number of carbonyl (C=O) groups excluding carboxylic acids is 1. The number of benzene rings is 3. The molecule has 0 radical (unpaired) electrons. The summed E-state index contributed by atoms with van der Waals surface area (Å²) in [6.07, 6.45) is 0. The minimum Gasteiger partial charge on any atom is -0.378 e. The molecule has 0 unspecified atom stereocenters. The lowest BCUT2D eigenvalue weighted by Gasteiger charge is -2.11. The van der Waals surface area contributed by atoms with Gasteiger partial charge in [-0.2, -0.15) is 0 Å². The molecule has 0 spiro atoms. The number of aryl methyl sites for hydroxylation is 1. The van der Waals surface area contributed by atoms with E-state index < -0.39 is 0 Å². The van der Waals surface area contributed by atoms with E-state index in [1.165, 1.54) is 17.3 Å². The van der Waals surface area contributed by atoms with Crippen molar-refractivity contribution in [3.8, 4) is 0 Å². The maximum atomic E-state index is 12.8. The summed E-state index contributed by atoms with van der Waals surface area (Å²) in [6, 6.07) is 19.1. The first-order valence-electron chi connectivity index (χ1n) is 9.36. The van der Waals surface area contributed by atoms with Crippen LogP contribution in [0.2, 0.25) is 5.02 Å². The van der Waals surface area contributed by atoms with Gasteiger partial charge >= 0.3 is 0 Å². The maximum absolute atomic E-state index is 12.8. The average molecular weight is 582 g/mol. The first kappa shape index (κ1) is 23.9. The largest absolute Gasteiger partial charge is 0.378 e. The van der Waals surface area contributed by atoms with Gasteiger partial charge in [0.1, 0.15) is 0 Å². The Morgan fingerprint density at radius 2 is 1.84 bits per heavy atom. The summed E-state index contributed by atoms with van der Waals surface area (Å²) in [4.78, 5) is 17.2. The topological polar surface area (TPSA) is 67.5 Å². The average Bonchev–Trinajstić information content (AvgIpc) is 2.74. The van der Waals surface area contributed by atoms with Crippen LogP contribution in [-0.2, 0) is 12.3 Å². The van der Waals surface area contributed by atoms with Crippen molar-refractivity contribution < 1.29 is 4.79 Å². The summed E-state index contributed by atoms with van der Waals surface area (Å²) in [7, 11) is 0. The van der Waals surface area contributed by atoms with E-state index in [1.54, 1.807) is 6.07 Å². The van der Waals surface area contributed by atoms with Crippen LogP contribution < -0.4 is 11.1 Å². The number of nitrogens with one attached hydrogen (secondary N) is 1. The molecule has 4 nitrogen and oxygen atoms in total. The van der Waals surface area contributed by atoms with Crippen molar-refractivity contribution in [3.63, 3.8) is 0 Å². The molecule has 31 heavy (non-hydrogen) atoms. The fourth-order valence-electron chi connectivity index (χ4n) is 2.75. The number of thioether (sulfide) groups is 1. The third kappa shape index (κ3) is 7.10.